The topological polar surface area (TPSA) is 145 Å². The summed E-state index contributed by atoms with van der Waals surface area (Å²) in [6.45, 7) is 19.9. The molecular weight excluding hydrogens is 765 g/mol. The molecule has 0 saturated carbocycles. The molecule has 6 rings (SSSR count). The van der Waals surface area contributed by atoms with Gasteiger partial charge in [0, 0.05) is 25.4 Å². The molecule has 0 amide bonds. The van der Waals surface area contributed by atoms with Crippen molar-refractivity contribution in [3.05, 3.63) is 54.7 Å². The van der Waals surface area contributed by atoms with Crippen molar-refractivity contribution in [3.63, 3.8) is 0 Å². The first-order valence-electron chi connectivity index (χ1n) is 15.8. The molecule has 2 atom stereocenters. The van der Waals surface area contributed by atoms with Gasteiger partial charge in [-0.15, -0.1) is 43.1 Å². The van der Waals surface area contributed by atoms with Crippen LogP contribution in [0, 0.1) is 27.7 Å². The van der Waals surface area contributed by atoms with E-state index in [1.54, 1.807) is 22.7 Å². The van der Waals surface area contributed by atoms with Gasteiger partial charge in [0.15, 0.2) is 11.6 Å². The van der Waals surface area contributed by atoms with E-state index < -0.39 is 23.4 Å². The van der Waals surface area contributed by atoms with Crippen LogP contribution in [0.3, 0.4) is 0 Å². The van der Waals surface area contributed by atoms with Gasteiger partial charge in [-0.2, -0.15) is 0 Å². The van der Waals surface area contributed by atoms with Crippen LogP contribution in [0.15, 0.2) is 14.8 Å². The third kappa shape index (κ3) is 9.76. The molecule has 0 N–H and O–H groups in total. The van der Waals surface area contributed by atoms with Crippen LogP contribution in [0.1, 0.15) is 111 Å². The molecule has 0 fully saturated rings. The van der Waals surface area contributed by atoms with E-state index >= 15 is 0 Å². The van der Waals surface area contributed by atoms with E-state index in [1.165, 1.54) is 9.75 Å². The fraction of sp³-hybridized carbons (Fsp3) is 0.562. The van der Waals surface area contributed by atoms with Crippen molar-refractivity contribution >= 4 is 71.0 Å². The SMILES string of the molecule is Cc1cc2c(s1)-n1c(C)nnc1C(CC(=O)OC(C)(C)C)OC2.Cc1sc2c(c1Br)COC(CC(=O)OC(C)(C)C)c1nnc(C)n1-2.[B]=NS. The van der Waals surface area contributed by atoms with Crippen LogP contribution in [0.25, 0.3) is 10.0 Å². The summed E-state index contributed by atoms with van der Waals surface area (Å²) < 4.78 is 30.5. The number of esters is 2. The number of thiol groups is 1. The number of rotatable bonds is 4. The van der Waals surface area contributed by atoms with Crippen molar-refractivity contribution in [1.29, 1.82) is 0 Å². The van der Waals surface area contributed by atoms with Crippen LogP contribution < -0.4 is 0 Å². The number of thiophene rings is 2. The third-order valence-corrected chi connectivity index (χ3v) is 10.6. The molecule has 2 unspecified atom stereocenters. The number of carbonyl (C=O) groups excluding carboxylic acids is 2. The molecule has 1 radical (unpaired) electrons. The van der Waals surface area contributed by atoms with E-state index in [2.05, 4.69) is 81.0 Å². The van der Waals surface area contributed by atoms with Gasteiger partial charge in [0.2, 0.25) is 0 Å². The molecule has 269 valence electrons. The number of nitrogens with zero attached hydrogens (tertiary/aromatic N) is 7. The van der Waals surface area contributed by atoms with Crippen molar-refractivity contribution in [1.82, 2.24) is 29.5 Å². The van der Waals surface area contributed by atoms with Crippen molar-refractivity contribution in [2.45, 2.75) is 119 Å². The Morgan fingerprint density at radius 3 is 1.82 bits per heavy atom. The second-order valence-electron chi connectivity index (χ2n) is 13.6. The second-order valence-corrected chi connectivity index (χ2v) is 17.1. The summed E-state index contributed by atoms with van der Waals surface area (Å²) >= 11 is 10.2. The molecule has 13 nitrogen and oxygen atoms in total. The fourth-order valence-electron chi connectivity index (χ4n) is 5.28. The Morgan fingerprint density at radius 1 is 0.880 bits per heavy atom. The molecule has 0 aromatic carbocycles. The monoisotopic (exact) mass is 806 g/mol. The second kappa shape index (κ2) is 16.3. The van der Waals surface area contributed by atoms with E-state index in [0.717, 1.165) is 37.3 Å². The number of halogens is 1. The van der Waals surface area contributed by atoms with Crippen LogP contribution in [0.4, 0.5) is 0 Å². The summed E-state index contributed by atoms with van der Waals surface area (Å²) in [7, 11) is 4.34. The number of aromatic nitrogens is 6. The van der Waals surface area contributed by atoms with E-state index in [1.807, 2.05) is 64.5 Å². The zero-order valence-electron chi connectivity index (χ0n) is 29.9. The van der Waals surface area contributed by atoms with Crippen molar-refractivity contribution < 1.29 is 28.5 Å². The molecule has 6 heterocycles. The van der Waals surface area contributed by atoms with Crippen LogP contribution >= 0.6 is 51.4 Å². The van der Waals surface area contributed by atoms with E-state index in [4.69, 9.17) is 18.9 Å². The first-order valence-corrected chi connectivity index (χ1v) is 18.6. The van der Waals surface area contributed by atoms with Gasteiger partial charge in [-0.1, -0.05) is 0 Å². The molecule has 0 aliphatic carbocycles. The minimum absolute atomic E-state index is 0.112. The van der Waals surface area contributed by atoms with Crippen LogP contribution in [0.2, 0.25) is 0 Å². The summed E-state index contributed by atoms with van der Waals surface area (Å²) in [6, 6.07) is 2.11. The molecule has 0 spiro atoms. The van der Waals surface area contributed by atoms with Gasteiger partial charge < -0.3 is 18.9 Å². The van der Waals surface area contributed by atoms with Gasteiger partial charge in [-0.25, -0.2) is 0 Å². The Hall–Kier alpha value is -2.77. The number of ether oxygens (including phenoxy) is 4. The van der Waals surface area contributed by atoms with Crippen molar-refractivity contribution in [3.8, 4) is 10.0 Å². The minimum atomic E-state index is -0.524. The molecule has 2 aliphatic heterocycles. The van der Waals surface area contributed by atoms with Gasteiger partial charge in [-0.3, -0.25) is 18.7 Å². The van der Waals surface area contributed by atoms with Crippen molar-refractivity contribution in [2.24, 2.45) is 4.30 Å². The quantitative estimate of drug-likeness (QED) is 0.126. The normalized spacial score (nSPS) is 16.5. The van der Waals surface area contributed by atoms with E-state index in [9.17, 15) is 9.59 Å². The molecule has 0 bridgehead atoms. The summed E-state index contributed by atoms with van der Waals surface area (Å²) in [6.07, 6.45) is -0.691. The maximum absolute atomic E-state index is 12.2. The first-order chi connectivity index (χ1) is 23.3. The molecule has 4 aromatic rings. The summed E-state index contributed by atoms with van der Waals surface area (Å²) in [4.78, 5) is 26.8. The molecule has 0 saturated heterocycles. The summed E-state index contributed by atoms with van der Waals surface area (Å²) in [5, 5.41) is 19.0. The maximum atomic E-state index is 12.2. The Morgan fingerprint density at radius 2 is 1.34 bits per heavy atom. The van der Waals surface area contributed by atoms with Crippen LogP contribution in [-0.2, 0) is 41.8 Å². The summed E-state index contributed by atoms with van der Waals surface area (Å²) in [5.74, 6) is 2.28. The predicted molar refractivity (Wildman–Crippen MR) is 198 cm³/mol. The number of carbonyl (C=O) groups is 2. The Bertz CT molecular complexity index is 1860. The zero-order chi connectivity index (χ0) is 37.1. The third-order valence-electron chi connectivity index (χ3n) is 7.09. The van der Waals surface area contributed by atoms with E-state index in [0.29, 0.717) is 24.9 Å². The number of fused-ring (bicyclic) bond motifs is 6. The zero-order valence-corrected chi connectivity index (χ0v) is 34.0. The number of hydrogen-bond acceptors (Lipinski definition) is 14. The van der Waals surface area contributed by atoms with Crippen molar-refractivity contribution in [2.75, 3.05) is 0 Å². The molecule has 18 heteroatoms. The molecule has 4 aromatic heterocycles. The first kappa shape index (κ1) is 40.0. The Labute approximate surface area is 315 Å². The van der Waals surface area contributed by atoms with Gasteiger partial charge in [-0.05, 0) is 91.2 Å². The van der Waals surface area contributed by atoms with Crippen LogP contribution in [-0.4, -0.2) is 60.3 Å². The fourth-order valence-corrected chi connectivity index (χ4v) is 8.13. The number of aryl methyl sites for hydroxylation is 4. The standard InChI is InChI=1S/C16H20BrN3O3S.C16H21N3O3S.BHNS/c1-8-13(17)10-7-22-11(6-12(21)23-16(3,4)5)14-19-18-9(2)20(14)15(10)24-8;1-9-6-11-8-21-12(7-13(20)22-16(3,4)5)14-18-17-10(2)19(14)15(11)23-9;1-2-3/h11H,6-7H2,1-5H3;6,12H,7-8H2,1-5H3;3H. The predicted octanol–water partition coefficient (Wildman–Crippen LogP) is 7.44. The Balaban J connectivity index is 0.000000209. The molecule has 50 heavy (non-hydrogen) atoms. The number of hydrogen-bond donors (Lipinski definition) is 1. The average Bonchev–Trinajstić information content (AvgIpc) is 3.68. The average molecular weight is 808 g/mol. The van der Waals surface area contributed by atoms with Gasteiger partial charge in [0.05, 0.1) is 26.1 Å². The molecule has 2 aliphatic rings. The van der Waals surface area contributed by atoms with Gasteiger partial charge >= 0.3 is 36.7 Å². The Kier molecular flexibility index (Phi) is 13.0. The summed E-state index contributed by atoms with van der Waals surface area (Å²) in [5.41, 5.74) is 1.13. The van der Waals surface area contributed by atoms with Gasteiger partial charge in [0.1, 0.15) is 45.1 Å². The van der Waals surface area contributed by atoms with E-state index in [-0.39, 0.29) is 24.8 Å². The van der Waals surface area contributed by atoms with Crippen LogP contribution in [0.5, 0.6) is 0 Å². The van der Waals surface area contributed by atoms with Gasteiger partial charge in [0.25, 0.3) is 0 Å². The molecular formula is C32H42BBrN7O6S3.